The zero-order chi connectivity index (χ0) is 15.5. The molecule has 122 valence electrons. The van der Waals surface area contributed by atoms with Crippen molar-refractivity contribution in [1.29, 1.82) is 0 Å². The predicted molar refractivity (Wildman–Crippen MR) is 90.0 cm³/mol. The van der Waals surface area contributed by atoms with Crippen molar-refractivity contribution in [2.75, 3.05) is 53.4 Å². The molecule has 4 heterocycles. The molecule has 1 aromatic rings. The Kier molecular flexibility index (Phi) is 4.69. The Labute approximate surface area is 133 Å². The van der Waals surface area contributed by atoms with Crippen LogP contribution in [0.5, 0.6) is 0 Å². The van der Waals surface area contributed by atoms with E-state index in [1.807, 2.05) is 7.05 Å². The Balaban J connectivity index is 1.52. The summed E-state index contributed by atoms with van der Waals surface area (Å²) in [5.41, 5.74) is 1.29. The van der Waals surface area contributed by atoms with E-state index in [2.05, 4.69) is 62.0 Å². The van der Waals surface area contributed by atoms with Crippen LogP contribution in [0.15, 0.2) is 23.3 Å². The number of guanidine groups is 1. The molecule has 0 aromatic carbocycles. The zero-order valence-corrected chi connectivity index (χ0v) is 14.0. The summed E-state index contributed by atoms with van der Waals surface area (Å²) in [7, 11) is 6.04. The molecule has 1 atom stereocenters. The number of piperazine rings is 3. The summed E-state index contributed by atoms with van der Waals surface area (Å²) < 4.78 is 2.16. The fraction of sp³-hybridized carbons (Fsp3) is 0.688. The fourth-order valence-corrected chi connectivity index (χ4v) is 3.49. The molecular formula is C16H28N6. The highest BCUT2D eigenvalue weighted by atomic mass is 15.4. The summed E-state index contributed by atoms with van der Waals surface area (Å²) in [6.45, 7) is 7.92. The van der Waals surface area contributed by atoms with E-state index in [4.69, 9.17) is 0 Å². The van der Waals surface area contributed by atoms with E-state index in [1.165, 1.54) is 38.4 Å². The minimum Gasteiger partial charge on any atom is -0.355 e. The Hall–Kier alpha value is -1.53. The lowest BCUT2D eigenvalue weighted by atomic mass is 10.1. The van der Waals surface area contributed by atoms with Gasteiger partial charge in [0, 0.05) is 78.3 Å². The number of fused-ring (bicyclic) bond motifs is 3. The Morgan fingerprint density at radius 3 is 2.68 bits per heavy atom. The van der Waals surface area contributed by atoms with Crippen molar-refractivity contribution in [1.82, 2.24) is 24.6 Å². The van der Waals surface area contributed by atoms with Crippen LogP contribution in [-0.2, 0) is 13.6 Å². The molecular weight excluding hydrogens is 276 g/mol. The fourth-order valence-electron chi connectivity index (χ4n) is 3.49. The van der Waals surface area contributed by atoms with Crippen LogP contribution in [0.4, 0.5) is 0 Å². The average molecular weight is 304 g/mol. The number of hydrogen-bond donors (Lipinski definition) is 1. The molecule has 0 aliphatic carbocycles. The van der Waals surface area contributed by atoms with E-state index in [0.29, 0.717) is 6.04 Å². The molecule has 6 heteroatoms. The molecule has 2 bridgehead atoms. The van der Waals surface area contributed by atoms with Gasteiger partial charge >= 0.3 is 0 Å². The van der Waals surface area contributed by atoms with Gasteiger partial charge < -0.3 is 14.8 Å². The molecule has 3 aliphatic rings. The van der Waals surface area contributed by atoms with Crippen molar-refractivity contribution < 1.29 is 0 Å². The second-order valence-electron chi connectivity index (χ2n) is 6.39. The van der Waals surface area contributed by atoms with Crippen LogP contribution >= 0.6 is 0 Å². The second kappa shape index (κ2) is 6.71. The first-order valence-corrected chi connectivity index (χ1v) is 8.16. The van der Waals surface area contributed by atoms with Crippen LogP contribution in [0, 0.1) is 0 Å². The van der Waals surface area contributed by atoms with E-state index < -0.39 is 0 Å². The molecule has 3 aliphatic heterocycles. The molecule has 0 spiro atoms. The lowest BCUT2D eigenvalue weighted by Crippen LogP contribution is -2.63. The van der Waals surface area contributed by atoms with Gasteiger partial charge in [0.1, 0.15) is 0 Å². The molecule has 6 nitrogen and oxygen atoms in total. The summed E-state index contributed by atoms with van der Waals surface area (Å²) in [6, 6.07) is 4.85. The van der Waals surface area contributed by atoms with Gasteiger partial charge in [-0.2, -0.15) is 0 Å². The quantitative estimate of drug-likeness (QED) is 0.629. The standard InChI is InChI=1S/C16H28N6/c1-17-16(20(3)12-14-5-4-6-19(14)2)18-11-15-13-21-7-9-22(15)10-8-21/h4-6,15H,7-13H2,1-3H3,(H,17,18). The van der Waals surface area contributed by atoms with Crippen molar-refractivity contribution >= 4 is 5.96 Å². The summed E-state index contributed by atoms with van der Waals surface area (Å²) in [5, 5.41) is 3.55. The van der Waals surface area contributed by atoms with Crippen LogP contribution in [0.25, 0.3) is 0 Å². The van der Waals surface area contributed by atoms with Crippen LogP contribution in [0.2, 0.25) is 0 Å². The average Bonchev–Trinajstić information content (AvgIpc) is 2.94. The van der Waals surface area contributed by atoms with Gasteiger partial charge in [-0.05, 0) is 12.1 Å². The lowest BCUT2D eigenvalue weighted by Gasteiger charge is -2.47. The smallest absolute Gasteiger partial charge is 0.193 e. The van der Waals surface area contributed by atoms with Gasteiger partial charge in [-0.25, -0.2) is 0 Å². The maximum atomic E-state index is 4.43. The van der Waals surface area contributed by atoms with Crippen LogP contribution in [-0.4, -0.2) is 84.6 Å². The third kappa shape index (κ3) is 3.28. The maximum Gasteiger partial charge on any atom is 0.193 e. The van der Waals surface area contributed by atoms with Gasteiger partial charge in [0.15, 0.2) is 5.96 Å². The summed E-state index contributed by atoms with van der Waals surface area (Å²) in [4.78, 5) is 11.8. The summed E-state index contributed by atoms with van der Waals surface area (Å²) >= 11 is 0. The zero-order valence-electron chi connectivity index (χ0n) is 14.0. The Morgan fingerprint density at radius 1 is 1.36 bits per heavy atom. The normalized spacial score (nSPS) is 28.0. The predicted octanol–water partition coefficient (Wildman–Crippen LogP) is 0.0321. The first kappa shape index (κ1) is 15.4. The van der Waals surface area contributed by atoms with E-state index in [1.54, 1.807) is 0 Å². The number of aryl methyl sites for hydroxylation is 1. The lowest BCUT2D eigenvalue weighted by molar-refractivity contribution is 0.0152. The molecule has 0 saturated carbocycles. The van der Waals surface area contributed by atoms with Crippen molar-refractivity contribution in [3.8, 4) is 0 Å². The molecule has 1 unspecified atom stereocenters. The van der Waals surface area contributed by atoms with E-state index >= 15 is 0 Å². The highest BCUT2D eigenvalue weighted by molar-refractivity contribution is 5.79. The minimum absolute atomic E-state index is 0.614. The molecule has 22 heavy (non-hydrogen) atoms. The molecule has 1 N–H and O–H groups in total. The van der Waals surface area contributed by atoms with Crippen molar-refractivity contribution in [2.24, 2.45) is 12.0 Å². The topological polar surface area (TPSA) is 39.0 Å². The van der Waals surface area contributed by atoms with E-state index in [-0.39, 0.29) is 0 Å². The van der Waals surface area contributed by atoms with Crippen LogP contribution in [0.3, 0.4) is 0 Å². The summed E-state index contributed by atoms with van der Waals surface area (Å²) in [6.07, 6.45) is 2.08. The monoisotopic (exact) mass is 304 g/mol. The minimum atomic E-state index is 0.614. The molecule has 3 saturated heterocycles. The van der Waals surface area contributed by atoms with E-state index in [9.17, 15) is 0 Å². The van der Waals surface area contributed by atoms with Crippen LogP contribution < -0.4 is 5.32 Å². The first-order valence-electron chi connectivity index (χ1n) is 8.16. The molecule has 4 rings (SSSR count). The Morgan fingerprint density at radius 2 is 2.14 bits per heavy atom. The number of nitrogens with zero attached hydrogens (tertiary/aromatic N) is 5. The maximum absolute atomic E-state index is 4.43. The van der Waals surface area contributed by atoms with Gasteiger partial charge in [-0.15, -0.1) is 0 Å². The second-order valence-corrected chi connectivity index (χ2v) is 6.39. The number of aromatic nitrogens is 1. The first-order chi connectivity index (χ1) is 10.7. The number of aliphatic imine (C=N–C) groups is 1. The molecule has 0 radical (unpaired) electrons. The van der Waals surface area contributed by atoms with Crippen LogP contribution in [0.1, 0.15) is 5.69 Å². The van der Waals surface area contributed by atoms with Crippen molar-refractivity contribution in [3.05, 3.63) is 24.0 Å². The van der Waals surface area contributed by atoms with Crippen molar-refractivity contribution in [2.45, 2.75) is 12.6 Å². The largest absolute Gasteiger partial charge is 0.355 e. The third-order valence-electron chi connectivity index (χ3n) is 4.91. The summed E-state index contributed by atoms with van der Waals surface area (Å²) in [5.74, 6) is 0.971. The SMILES string of the molecule is CN=C(NCC1CN2CCN1CC2)N(C)Cc1cccn1C. The van der Waals surface area contributed by atoms with Gasteiger partial charge in [0.05, 0.1) is 6.54 Å². The highest BCUT2D eigenvalue weighted by Gasteiger charge is 2.31. The van der Waals surface area contributed by atoms with Gasteiger partial charge in [0.2, 0.25) is 0 Å². The Bertz CT molecular complexity index is 514. The molecule has 0 amide bonds. The van der Waals surface area contributed by atoms with Gasteiger partial charge in [-0.3, -0.25) is 14.8 Å². The van der Waals surface area contributed by atoms with E-state index in [0.717, 1.165) is 19.0 Å². The molecule has 1 aromatic heterocycles. The van der Waals surface area contributed by atoms with Gasteiger partial charge in [0.25, 0.3) is 0 Å². The van der Waals surface area contributed by atoms with Crippen molar-refractivity contribution in [3.63, 3.8) is 0 Å². The number of nitrogens with one attached hydrogen (secondary N) is 1. The number of hydrogen-bond acceptors (Lipinski definition) is 3. The highest BCUT2D eigenvalue weighted by Crippen LogP contribution is 2.14. The van der Waals surface area contributed by atoms with Gasteiger partial charge in [-0.1, -0.05) is 0 Å². The number of rotatable bonds is 4. The third-order valence-corrected chi connectivity index (χ3v) is 4.91. The molecule has 3 fully saturated rings.